The van der Waals surface area contributed by atoms with Crippen molar-refractivity contribution in [1.29, 1.82) is 0 Å². The molecule has 0 aromatic carbocycles. The summed E-state index contributed by atoms with van der Waals surface area (Å²) in [5.74, 6) is 2.79. The SMILES string of the molecule is C[C@@H](NC(=O)N1CCCC[C@H]1c1nnc2n1CCCC2)c1ccco1. The van der Waals surface area contributed by atoms with Crippen LogP contribution in [0.4, 0.5) is 4.79 Å². The molecule has 2 aliphatic rings. The van der Waals surface area contributed by atoms with E-state index in [-0.39, 0.29) is 18.1 Å². The van der Waals surface area contributed by atoms with Crippen LogP contribution in [0.2, 0.25) is 0 Å². The second-order valence-electron chi connectivity index (χ2n) is 6.97. The molecule has 1 saturated heterocycles. The molecule has 4 rings (SSSR count). The standard InChI is InChI=1S/C18H25N5O2/c1-13(15-8-6-12-25-15)19-18(24)22-10-4-2-7-14(22)17-21-20-16-9-3-5-11-23(16)17/h6,8,12-14H,2-5,7,9-11H2,1H3,(H,19,24)/t13-,14+/m1/s1. The van der Waals surface area contributed by atoms with Gasteiger partial charge in [0, 0.05) is 19.5 Å². The molecule has 2 atom stereocenters. The van der Waals surface area contributed by atoms with Crippen LogP contribution in [-0.4, -0.2) is 32.2 Å². The topological polar surface area (TPSA) is 76.2 Å². The number of nitrogens with one attached hydrogen (secondary N) is 1. The zero-order valence-electron chi connectivity index (χ0n) is 14.6. The van der Waals surface area contributed by atoms with Gasteiger partial charge in [0.25, 0.3) is 0 Å². The molecular formula is C18H25N5O2. The zero-order valence-corrected chi connectivity index (χ0v) is 14.6. The molecule has 4 heterocycles. The fraction of sp³-hybridized carbons (Fsp3) is 0.611. The van der Waals surface area contributed by atoms with Gasteiger partial charge in [-0.3, -0.25) is 0 Å². The van der Waals surface area contributed by atoms with Gasteiger partial charge in [-0.05, 0) is 51.2 Å². The number of rotatable bonds is 3. The lowest BCUT2D eigenvalue weighted by Gasteiger charge is -2.36. The van der Waals surface area contributed by atoms with E-state index in [4.69, 9.17) is 4.42 Å². The van der Waals surface area contributed by atoms with Crippen LogP contribution in [0.25, 0.3) is 0 Å². The summed E-state index contributed by atoms with van der Waals surface area (Å²) < 4.78 is 7.63. The first-order chi connectivity index (χ1) is 12.2. The number of urea groups is 1. The van der Waals surface area contributed by atoms with E-state index in [1.807, 2.05) is 24.0 Å². The molecule has 2 aliphatic heterocycles. The third-order valence-corrected chi connectivity index (χ3v) is 5.26. The number of aryl methyl sites for hydroxylation is 1. The molecule has 134 valence electrons. The molecule has 0 unspecified atom stereocenters. The Balaban J connectivity index is 1.53. The minimum absolute atomic E-state index is 0.0110. The average molecular weight is 343 g/mol. The molecule has 1 N–H and O–H groups in total. The summed E-state index contributed by atoms with van der Waals surface area (Å²) in [6, 6.07) is 3.52. The molecule has 0 bridgehead atoms. The van der Waals surface area contributed by atoms with Crippen LogP contribution in [0.5, 0.6) is 0 Å². The smallest absolute Gasteiger partial charge is 0.318 e. The Bertz CT molecular complexity index is 724. The highest BCUT2D eigenvalue weighted by Gasteiger charge is 2.33. The second kappa shape index (κ2) is 6.90. The normalized spacial score (nSPS) is 21.6. The number of carbonyl (C=O) groups excluding carboxylic acids is 1. The first kappa shape index (κ1) is 16.2. The van der Waals surface area contributed by atoms with Gasteiger partial charge in [-0.1, -0.05) is 0 Å². The highest BCUT2D eigenvalue weighted by molar-refractivity contribution is 5.75. The highest BCUT2D eigenvalue weighted by Crippen LogP contribution is 2.32. The van der Waals surface area contributed by atoms with Crippen molar-refractivity contribution < 1.29 is 9.21 Å². The minimum atomic E-state index is -0.155. The van der Waals surface area contributed by atoms with E-state index in [1.54, 1.807) is 6.26 Å². The van der Waals surface area contributed by atoms with Crippen LogP contribution in [0, 0.1) is 0 Å². The Labute approximate surface area is 147 Å². The molecule has 7 nitrogen and oxygen atoms in total. The van der Waals surface area contributed by atoms with Crippen molar-refractivity contribution in [3.63, 3.8) is 0 Å². The number of hydrogen-bond donors (Lipinski definition) is 1. The van der Waals surface area contributed by atoms with Crippen LogP contribution >= 0.6 is 0 Å². The third-order valence-electron chi connectivity index (χ3n) is 5.26. The molecule has 7 heteroatoms. The van der Waals surface area contributed by atoms with E-state index >= 15 is 0 Å². The van der Waals surface area contributed by atoms with Crippen LogP contribution in [0.1, 0.15) is 68.5 Å². The maximum absolute atomic E-state index is 12.9. The van der Waals surface area contributed by atoms with Crippen molar-refractivity contribution >= 4 is 6.03 Å². The Morgan fingerprint density at radius 3 is 3.00 bits per heavy atom. The van der Waals surface area contributed by atoms with Gasteiger partial charge >= 0.3 is 6.03 Å². The summed E-state index contributed by atoms with van der Waals surface area (Å²) in [6.45, 7) is 3.66. The molecule has 0 radical (unpaired) electrons. The number of nitrogens with zero attached hydrogens (tertiary/aromatic N) is 4. The summed E-state index contributed by atoms with van der Waals surface area (Å²) in [7, 11) is 0. The van der Waals surface area contributed by atoms with E-state index in [1.165, 1.54) is 6.42 Å². The third kappa shape index (κ3) is 3.15. The van der Waals surface area contributed by atoms with E-state index in [0.717, 1.165) is 62.6 Å². The molecule has 0 aliphatic carbocycles. The lowest BCUT2D eigenvalue weighted by Crippen LogP contribution is -2.46. The first-order valence-electron chi connectivity index (χ1n) is 9.26. The lowest BCUT2D eigenvalue weighted by molar-refractivity contribution is 0.141. The summed E-state index contributed by atoms with van der Waals surface area (Å²) in [5, 5.41) is 11.9. The van der Waals surface area contributed by atoms with Crippen molar-refractivity contribution in [3.8, 4) is 0 Å². The number of furan rings is 1. The van der Waals surface area contributed by atoms with Crippen LogP contribution < -0.4 is 5.32 Å². The van der Waals surface area contributed by atoms with Gasteiger partial charge in [-0.25, -0.2) is 4.79 Å². The largest absolute Gasteiger partial charge is 0.467 e. The van der Waals surface area contributed by atoms with Gasteiger partial charge in [-0.15, -0.1) is 10.2 Å². The van der Waals surface area contributed by atoms with Gasteiger partial charge < -0.3 is 19.2 Å². The van der Waals surface area contributed by atoms with Gasteiger partial charge in [-0.2, -0.15) is 0 Å². The van der Waals surface area contributed by atoms with Crippen molar-refractivity contribution in [3.05, 3.63) is 35.8 Å². The molecule has 25 heavy (non-hydrogen) atoms. The molecule has 0 spiro atoms. The monoisotopic (exact) mass is 343 g/mol. The van der Waals surface area contributed by atoms with Crippen LogP contribution in [0.3, 0.4) is 0 Å². The molecular weight excluding hydrogens is 318 g/mol. The fourth-order valence-electron chi connectivity index (χ4n) is 3.90. The van der Waals surface area contributed by atoms with Gasteiger partial charge in [0.2, 0.25) is 0 Å². The average Bonchev–Trinajstić information content (AvgIpc) is 3.31. The Morgan fingerprint density at radius 2 is 2.16 bits per heavy atom. The predicted molar refractivity (Wildman–Crippen MR) is 91.9 cm³/mol. The van der Waals surface area contributed by atoms with Crippen LogP contribution in [-0.2, 0) is 13.0 Å². The van der Waals surface area contributed by atoms with Crippen LogP contribution in [0.15, 0.2) is 22.8 Å². The van der Waals surface area contributed by atoms with Gasteiger partial charge in [0.1, 0.15) is 11.6 Å². The van der Waals surface area contributed by atoms with E-state index in [9.17, 15) is 4.79 Å². The maximum atomic E-state index is 12.9. The Kier molecular flexibility index (Phi) is 4.46. The van der Waals surface area contributed by atoms with E-state index < -0.39 is 0 Å². The summed E-state index contributed by atoms with van der Waals surface area (Å²) in [4.78, 5) is 14.8. The highest BCUT2D eigenvalue weighted by atomic mass is 16.3. The van der Waals surface area contributed by atoms with Crippen molar-refractivity contribution in [2.45, 2.75) is 64.1 Å². The van der Waals surface area contributed by atoms with Gasteiger partial charge in [0.15, 0.2) is 5.82 Å². The first-order valence-corrected chi connectivity index (χ1v) is 9.26. The minimum Gasteiger partial charge on any atom is -0.467 e. The molecule has 2 aromatic rings. The number of fused-ring (bicyclic) bond motifs is 1. The molecule has 1 fully saturated rings. The summed E-state index contributed by atoms with van der Waals surface area (Å²) in [5.41, 5.74) is 0. The van der Waals surface area contributed by atoms with Gasteiger partial charge in [0.05, 0.1) is 18.3 Å². The lowest BCUT2D eigenvalue weighted by atomic mass is 10.0. The number of hydrogen-bond acceptors (Lipinski definition) is 4. The van der Waals surface area contributed by atoms with Crippen molar-refractivity contribution in [2.24, 2.45) is 0 Å². The quantitative estimate of drug-likeness (QED) is 0.928. The predicted octanol–water partition coefficient (Wildman–Crippen LogP) is 3.21. The second-order valence-corrected chi connectivity index (χ2v) is 6.97. The molecule has 2 aromatic heterocycles. The number of aromatic nitrogens is 3. The van der Waals surface area contributed by atoms with Crippen molar-refractivity contribution in [1.82, 2.24) is 25.0 Å². The maximum Gasteiger partial charge on any atom is 0.318 e. The fourth-order valence-corrected chi connectivity index (χ4v) is 3.90. The molecule has 2 amide bonds. The number of likely N-dealkylation sites (tertiary alicyclic amines) is 1. The summed E-state index contributed by atoms with van der Waals surface area (Å²) >= 11 is 0. The zero-order chi connectivity index (χ0) is 17.2. The number of amides is 2. The number of carbonyl (C=O) groups is 1. The van der Waals surface area contributed by atoms with Crippen molar-refractivity contribution in [2.75, 3.05) is 6.54 Å². The van der Waals surface area contributed by atoms with E-state index in [0.29, 0.717) is 0 Å². The summed E-state index contributed by atoms with van der Waals surface area (Å²) in [6.07, 6.45) is 8.04. The van der Waals surface area contributed by atoms with E-state index in [2.05, 4.69) is 20.1 Å². The Morgan fingerprint density at radius 1 is 1.28 bits per heavy atom. The molecule has 0 saturated carbocycles. The number of piperidine rings is 1. The Hall–Kier alpha value is -2.31.